The molecule has 0 aliphatic heterocycles. The smallest absolute Gasteiger partial charge is 0.404 e. The second-order valence-electron chi connectivity index (χ2n) is 5.96. The average molecular weight is 495 g/mol. The molecule has 1 N–H and O–H groups in total. The number of benzene rings is 2. The van der Waals surface area contributed by atoms with E-state index in [0.29, 0.717) is 10.7 Å². The van der Waals surface area contributed by atoms with E-state index in [1.54, 1.807) is 4.72 Å². The van der Waals surface area contributed by atoms with Gasteiger partial charge >= 0.3 is 6.36 Å². The van der Waals surface area contributed by atoms with Gasteiger partial charge in [-0.2, -0.15) is 0 Å². The zero-order chi connectivity index (χ0) is 23.0. The number of halogens is 5. The number of rotatable bonds is 5. The Hall–Kier alpha value is -2.83. The molecule has 0 aliphatic rings. The number of carbonyl (C=O) groups excluding carboxylic acids is 1. The van der Waals surface area contributed by atoms with Gasteiger partial charge in [0.15, 0.2) is 5.69 Å². The zero-order valence-electron chi connectivity index (χ0n) is 15.3. The van der Waals surface area contributed by atoms with Crippen LogP contribution in [0, 0.1) is 6.92 Å². The number of carbonyl (C=O) groups is 1. The number of hydrogen-bond donors (Lipinski definition) is 1. The molecule has 8 nitrogen and oxygen atoms in total. The van der Waals surface area contributed by atoms with Crippen LogP contribution in [0.4, 0.5) is 13.2 Å². The minimum Gasteiger partial charge on any atom is -0.404 e. The Morgan fingerprint density at radius 3 is 2.48 bits per heavy atom. The topological polar surface area (TPSA) is 103 Å². The summed E-state index contributed by atoms with van der Waals surface area (Å²) in [5, 5.41) is 7.97. The molecule has 2 aromatic carbocycles. The summed E-state index contributed by atoms with van der Waals surface area (Å²) in [7, 11) is -4.74. The molecule has 0 unspecified atom stereocenters. The van der Waals surface area contributed by atoms with Gasteiger partial charge in [-0.25, -0.2) is 17.8 Å². The lowest BCUT2D eigenvalue weighted by atomic mass is 10.3. The predicted molar refractivity (Wildman–Crippen MR) is 104 cm³/mol. The van der Waals surface area contributed by atoms with Crippen LogP contribution in [0.2, 0.25) is 10.0 Å². The zero-order valence-corrected chi connectivity index (χ0v) is 17.6. The summed E-state index contributed by atoms with van der Waals surface area (Å²) < 4.78 is 69.3. The summed E-state index contributed by atoms with van der Waals surface area (Å²) in [6, 6.07) is 8.44. The van der Waals surface area contributed by atoms with Gasteiger partial charge in [-0.15, -0.1) is 18.3 Å². The molecule has 164 valence electrons. The molecule has 0 aliphatic carbocycles. The van der Waals surface area contributed by atoms with Crippen molar-refractivity contribution in [1.82, 2.24) is 19.7 Å². The van der Waals surface area contributed by atoms with Crippen molar-refractivity contribution in [2.45, 2.75) is 18.2 Å². The van der Waals surface area contributed by atoms with Gasteiger partial charge in [0.1, 0.15) is 10.6 Å². The van der Waals surface area contributed by atoms with Gasteiger partial charge in [0, 0.05) is 5.02 Å². The Labute approximate surface area is 183 Å². The normalized spacial score (nSPS) is 11.9. The maximum absolute atomic E-state index is 12.6. The molecule has 0 saturated carbocycles. The molecule has 0 bridgehead atoms. The molecular formula is C17H11Cl2F3N4O4S. The number of sulfonamides is 1. The molecule has 0 spiro atoms. The summed E-state index contributed by atoms with van der Waals surface area (Å²) in [5.74, 6) is -2.21. The lowest BCUT2D eigenvalue weighted by Crippen LogP contribution is -2.32. The molecule has 31 heavy (non-hydrogen) atoms. The van der Waals surface area contributed by atoms with E-state index in [9.17, 15) is 26.4 Å². The van der Waals surface area contributed by atoms with Crippen LogP contribution in [0.15, 0.2) is 47.4 Å². The largest absolute Gasteiger partial charge is 0.573 e. The second kappa shape index (κ2) is 8.36. The fourth-order valence-electron chi connectivity index (χ4n) is 2.53. The molecule has 1 aromatic heterocycles. The van der Waals surface area contributed by atoms with Gasteiger partial charge < -0.3 is 4.74 Å². The molecule has 1 heterocycles. The number of nitrogens with one attached hydrogen (secondary N) is 1. The van der Waals surface area contributed by atoms with E-state index >= 15 is 0 Å². The lowest BCUT2D eigenvalue weighted by Gasteiger charge is -2.13. The van der Waals surface area contributed by atoms with Crippen molar-refractivity contribution < 1.29 is 31.1 Å². The van der Waals surface area contributed by atoms with Crippen molar-refractivity contribution >= 4 is 39.1 Å². The van der Waals surface area contributed by atoms with Gasteiger partial charge in [-0.05, 0) is 37.3 Å². The molecule has 0 fully saturated rings. The van der Waals surface area contributed by atoms with Crippen molar-refractivity contribution in [3.63, 3.8) is 0 Å². The maximum Gasteiger partial charge on any atom is 0.573 e. The van der Waals surface area contributed by atoms with Gasteiger partial charge in [-0.3, -0.25) is 4.79 Å². The van der Waals surface area contributed by atoms with Gasteiger partial charge in [0.05, 0.1) is 16.4 Å². The van der Waals surface area contributed by atoms with Crippen molar-refractivity contribution in [2.24, 2.45) is 0 Å². The first-order chi connectivity index (χ1) is 14.4. The standard InChI is InChI=1S/C17H11Cl2F3N4O4S/c1-9-15(23-25-26(9)12-7-6-10(18)8-11(12)19)16(27)24-31(28,29)14-5-3-2-4-13(14)30-17(20,21)22/h2-8H,1H3,(H,24,27). The van der Waals surface area contributed by atoms with Crippen molar-refractivity contribution in [3.8, 4) is 11.4 Å². The van der Waals surface area contributed by atoms with Crippen molar-refractivity contribution in [2.75, 3.05) is 0 Å². The fourth-order valence-corrected chi connectivity index (χ4v) is 4.10. The molecule has 0 saturated heterocycles. The van der Waals surface area contributed by atoms with Crippen LogP contribution in [-0.2, 0) is 10.0 Å². The predicted octanol–water partition coefficient (Wildman–Crippen LogP) is 3.90. The number of hydrogen-bond acceptors (Lipinski definition) is 6. The van der Waals surface area contributed by atoms with Crippen LogP contribution in [0.25, 0.3) is 5.69 Å². The maximum atomic E-state index is 12.6. The highest BCUT2D eigenvalue weighted by Crippen LogP contribution is 2.29. The summed E-state index contributed by atoms with van der Waals surface area (Å²) in [5.41, 5.74) is 0.0578. The van der Waals surface area contributed by atoms with Crippen LogP contribution in [-0.4, -0.2) is 35.7 Å². The van der Waals surface area contributed by atoms with Crippen LogP contribution in [0.1, 0.15) is 16.2 Å². The quantitative estimate of drug-likeness (QED) is 0.576. The third-order valence-electron chi connectivity index (χ3n) is 3.84. The van der Waals surface area contributed by atoms with Gasteiger partial charge in [0.2, 0.25) is 0 Å². The van der Waals surface area contributed by atoms with E-state index in [2.05, 4.69) is 15.0 Å². The SMILES string of the molecule is Cc1c(C(=O)NS(=O)(=O)c2ccccc2OC(F)(F)F)nnn1-c1ccc(Cl)cc1Cl. The molecule has 0 atom stereocenters. The van der Waals surface area contributed by atoms with E-state index in [4.69, 9.17) is 23.2 Å². The first-order valence-electron chi connectivity index (χ1n) is 8.19. The molecule has 1 amide bonds. The number of nitrogens with zero attached hydrogens (tertiary/aromatic N) is 3. The number of aromatic nitrogens is 3. The van der Waals surface area contributed by atoms with E-state index < -0.39 is 32.9 Å². The summed E-state index contributed by atoms with van der Waals surface area (Å²) >= 11 is 11.9. The number of ether oxygens (including phenoxy) is 1. The van der Waals surface area contributed by atoms with Crippen molar-refractivity contribution in [1.29, 1.82) is 0 Å². The number of alkyl halides is 3. The van der Waals surface area contributed by atoms with Crippen LogP contribution in [0.5, 0.6) is 5.75 Å². The summed E-state index contributed by atoms with van der Waals surface area (Å²) in [6.45, 7) is 1.42. The number of amides is 1. The third-order valence-corrected chi connectivity index (χ3v) is 5.75. The highest BCUT2D eigenvalue weighted by Gasteiger charge is 2.34. The molecule has 0 radical (unpaired) electrons. The highest BCUT2D eigenvalue weighted by molar-refractivity contribution is 7.90. The Balaban J connectivity index is 1.92. The molecular weight excluding hydrogens is 484 g/mol. The Morgan fingerprint density at radius 2 is 1.84 bits per heavy atom. The summed E-state index contributed by atoms with van der Waals surface area (Å²) in [4.78, 5) is 11.6. The van der Waals surface area contributed by atoms with Crippen LogP contribution < -0.4 is 9.46 Å². The van der Waals surface area contributed by atoms with Crippen molar-refractivity contribution in [3.05, 3.63) is 63.9 Å². The highest BCUT2D eigenvalue weighted by atomic mass is 35.5. The number of para-hydroxylation sites is 1. The van der Waals surface area contributed by atoms with Crippen LogP contribution >= 0.6 is 23.2 Å². The second-order valence-corrected chi connectivity index (χ2v) is 8.45. The first-order valence-corrected chi connectivity index (χ1v) is 10.4. The third kappa shape index (κ3) is 5.09. The van der Waals surface area contributed by atoms with Gasteiger partial charge in [0.25, 0.3) is 15.9 Å². The minimum atomic E-state index is -5.13. The van der Waals surface area contributed by atoms with E-state index in [0.717, 1.165) is 18.2 Å². The molecule has 14 heteroatoms. The van der Waals surface area contributed by atoms with Gasteiger partial charge in [-0.1, -0.05) is 40.5 Å². The molecule has 3 rings (SSSR count). The Kier molecular flexibility index (Phi) is 6.16. The van der Waals surface area contributed by atoms with E-state index in [1.165, 1.54) is 35.9 Å². The van der Waals surface area contributed by atoms with E-state index in [-0.39, 0.29) is 16.4 Å². The molecule has 3 aromatic rings. The van der Waals surface area contributed by atoms with E-state index in [1.807, 2.05) is 0 Å². The average Bonchev–Trinajstić information content (AvgIpc) is 3.02. The first kappa shape index (κ1) is 22.8. The Bertz CT molecular complexity index is 1260. The fraction of sp³-hybridized carbons (Fsp3) is 0.118. The van der Waals surface area contributed by atoms with Crippen LogP contribution in [0.3, 0.4) is 0 Å². The Morgan fingerprint density at radius 1 is 1.16 bits per heavy atom. The monoisotopic (exact) mass is 494 g/mol. The lowest BCUT2D eigenvalue weighted by molar-refractivity contribution is -0.275. The summed E-state index contributed by atoms with van der Waals surface area (Å²) in [6.07, 6.45) is -5.13. The minimum absolute atomic E-state index is 0.122.